The highest BCUT2D eigenvalue weighted by molar-refractivity contribution is 5.99. The van der Waals surface area contributed by atoms with Crippen LogP contribution in [0.2, 0.25) is 0 Å². The van der Waals surface area contributed by atoms with Crippen molar-refractivity contribution >= 4 is 5.78 Å². The van der Waals surface area contributed by atoms with E-state index >= 15 is 0 Å². The van der Waals surface area contributed by atoms with E-state index in [1.54, 1.807) is 4.68 Å². The maximum atomic E-state index is 12.3. The van der Waals surface area contributed by atoms with Crippen LogP contribution in [-0.4, -0.2) is 33.4 Å². The molecule has 1 aromatic heterocycles. The van der Waals surface area contributed by atoms with E-state index in [0.717, 1.165) is 25.1 Å². The zero-order chi connectivity index (χ0) is 12.4. The molecule has 0 bridgehead atoms. The molecule has 1 N–H and O–H groups in total. The summed E-state index contributed by atoms with van der Waals surface area (Å²) < 4.78 is 1.60. The molecule has 1 aromatic carbocycles. The summed E-state index contributed by atoms with van der Waals surface area (Å²) in [7, 11) is 0. The van der Waals surface area contributed by atoms with E-state index in [1.807, 2.05) is 30.3 Å². The number of nitrogens with one attached hydrogen (secondary N) is 1. The molecule has 1 fully saturated rings. The standard InChI is InChI=1S/C13H14N4O/c18-13(11-7-4-8-14-11)12-9-15-16-17(12)10-5-2-1-3-6-10/h1-3,5-6,9,11,14H,4,7-8H2. The molecule has 1 aliphatic heterocycles. The minimum atomic E-state index is -0.0917. The minimum absolute atomic E-state index is 0.0707. The Morgan fingerprint density at radius 2 is 2.17 bits per heavy atom. The van der Waals surface area contributed by atoms with Crippen LogP contribution in [0.25, 0.3) is 5.69 Å². The largest absolute Gasteiger partial charge is 0.307 e. The van der Waals surface area contributed by atoms with E-state index in [9.17, 15) is 4.79 Å². The van der Waals surface area contributed by atoms with Gasteiger partial charge in [-0.15, -0.1) is 5.10 Å². The molecule has 1 atom stereocenters. The molecule has 3 rings (SSSR count). The number of hydrogen-bond donors (Lipinski definition) is 1. The molecule has 0 amide bonds. The van der Waals surface area contributed by atoms with Crippen LogP contribution in [0.3, 0.4) is 0 Å². The fourth-order valence-corrected chi connectivity index (χ4v) is 2.25. The van der Waals surface area contributed by atoms with Crippen LogP contribution in [0, 0.1) is 0 Å². The summed E-state index contributed by atoms with van der Waals surface area (Å²) in [5.41, 5.74) is 1.40. The lowest BCUT2D eigenvalue weighted by atomic mass is 10.1. The van der Waals surface area contributed by atoms with Crippen LogP contribution in [-0.2, 0) is 0 Å². The maximum Gasteiger partial charge on any atom is 0.199 e. The van der Waals surface area contributed by atoms with Crippen molar-refractivity contribution in [2.45, 2.75) is 18.9 Å². The molecule has 0 aliphatic carbocycles. The van der Waals surface area contributed by atoms with Gasteiger partial charge in [-0.1, -0.05) is 23.4 Å². The minimum Gasteiger partial charge on any atom is -0.307 e. The van der Waals surface area contributed by atoms with Crippen molar-refractivity contribution in [2.75, 3.05) is 6.54 Å². The van der Waals surface area contributed by atoms with E-state index in [4.69, 9.17) is 0 Å². The second-order valence-electron chi connectivity index (χ2n) is 4.38. The lowest BCUT2D eigenvalue weighted by Crippen LogP contribution is -2.32. The highest BCUT2D eigenvalue weighted by Crippen LogP contribution is 2.14. The summed E-state index contributed by atoms with van der Waals surface area (Å²) in [6.07, 6.45) is 3.47. The number of nitrogens with zero attached hydrogens (tertiary/aromatic N) is 3. The number of carbonyl (C=O) groups excluding carboxylic acids is 1. The van der Waals surface area contributed by atoms with Gasteiger partial charge in [-0.3, -0.25) is 4.79 Å². The molecule has 1 unspecified atom stereocenters. The van der Waals surface area contributed by atoms with Crippen LogP contribution in [0.1, 0.15) is 23.3 Å². The summed E-state index contributed by atoms with van der Waals surface area (Å²) in [6.45, 7) is 0.906. The quantitative estimate of drug-likeness (QED) is 0.822. The van der Waals surface area contributed by atoms with E-state index in [1.165, 1.54) is 6.20 Å². The summed E-state index contributed by atoms with van der Waals surface area (Å²) in [4.78, 5) is 12.3. The molecule has 2 aromatic rings. The van der Waals surface area contributed by atoms with Crippen molar-refractivity contribution in [3.05, 3.63) is 42.2 Å². The molecule has 5 nitrogen and oxygen atoms in total. The van der Waals surface area contributed by atoms with Gasteiger partial charge in [-0.25, -0.2) is 4.68 Å². The highest BCUT2D eigenvalue weighted by Gasteiger charge is 2.26. The van der Waals surface area contributed by atoms with Gasteiger partial charge in [0.1, 0.15) is 5.69 Å². The average molecular weight is 242 g/mol. The lowest BCUT2D eigenvalue weighted by Gasteiger charge is -2.10. The summed E-state index contributed by atoms with van der Waals surface area (Å²) in [5, 5.41) is 11.1. The first-order valence-corrected chi connectivity index (χ1v) is 6.10. The Bertz CT molecular complexity index is 543. The maximum absolute atomic E-state index is 12.3. The predicted octanol–water partition coefficient (Wildman–Crippen LogP) is 1.20. The van der Waals surface area contributed by atoms with Crippen molar-refractivity contribution in [1.29, 1.82) is 0 Å². The zero-order valence-electron chi connectivity index (χ0n) is 9.91. The molecular formula is C13H14N4O. The normalized spacial score (nSPS) is 19.0. The predicted molar refractivity (Wildman–Crippen MR) is 66.7 cm³/mol. The van der Waals surface area contributed by atoms with Gasteiger partial charge in [-0.2, -0.15) is 0 Å². The number of para-hydroxylation sites is 1. The number of carbonyl (C=O) groups is 1. The number of aromatic nitrogens is 3. The molecule has 0 radical (unpaired) electrons. The molecule has 2 heterocycles. The van der Waals surface area contributed by atoms with Gasteiger partial charge in [0.2, 0.25) is 0 Å². The van der Waals surface area contributed by atoms with Gasteiger partial charge in [0, 0.05) is 0 Å². The first-order chi connectivity index (χ1) is 8.86. The Morgan fingerprint density at radius 1 is 1.33 bits per heavy atom. The average Bonchev–Trinajstić information content (AvgIpc) is 3.10. The smallest absolute Gasteiger partial charge is 0.199 e. The van der Waals surface area contributed by atoms with E-state index in [0.29, 0.717) is 5.69 Å². The summed E-state index contributed by atoms with van der Waals surface area (Å²) in [5.74, 6) is 0.0707. The van der Waals surface area contributed by atoms with Crippen LogP contribution in [0.15, 0.2) is 36.5 Å². The molecule has 92 valence electrons. The van der Waals surface area contributed by atoms with E-state index in [-0.39, 0.29) is 11.8 Å². The third-order valence-corrected chi connectivity index (χ3v) is 3.18. The Labute approximate surface area is 105 Å². The molecule has 1 saturated heterocycles. The molecule has 0 spiro atoms. The SMILES string of the molecule is O=C(c1cnnn1-c1ccccc1)C1CCCN1. The van der Waals surface area contributed by atoms with Crippen molar-refractivity contribution < 1.29 is 4.79 Å². The fourth-order valence-electron chi connectivity index (χ4n) is 2.25. The Balaban J connectivity index is 1.94. The number of benzene rings is 1. The van der Waals surface area contributed by atoms with Crippen LogP contribution in [0.4, 0.5) is 0 Å². The van der Waals surface area contributed by atoms with Gasteiger partial charge in [-0.05, 0) is 31.5 Å². The second-order valence-corrected chi connectivity index (χ2v) is 4.38. The molecule has 1 aliphatic rings. The van der Waals surface area contributed by atoms with Crippen molar-refractivity contribution in [1.82, 2.24) is 20.3 Å². The first-order valence-electron chi connectivity index (χ1n) is 6.10. The highest BCUT2D eigenvalue weighted by atomic mass is 16.1. The van der Waals surface area contributed by atoms with Gasteiger partial charge < -0.3 is 5.32 Å². The van der Waals surface area contributed by atoms with Gasteiger partial charge in [0.05, 0.1) is 17.9 Å². The number of rotatable bonds is 3. The van der Waals surface area contributed by atoms with Gasteiger partial charge >= 0.3 is 0 Å². The first kappa shape index (κ1) is 11.1. The third-order valence-electron chi connectivity index (χ3n) is 3.18. The Morgan fingerprint density at radius 3 is 2.89 bits per heavy atom. The molecule has 0 saturated carbocycles. The van der Waals surface area contributed by atoms with Crippen LogP contribution in [0.5, 0.6) is 0 Å². The second kappa shape index (κ2) is 4.70. The van der Waals surface area contributed by atoms with E-state index < -0.39 is 0 Å². The van der Waals surface area contributed by atoms with Gasteiger partial charge in [0.15, 0.2) is 5.78 Å². The topological polar surface area (TPSA) is 59.8 Å². The molecular weight excluding hydrogens is 228 g/mol. The van der Waals surface area contributed by atoms with Gasteiger partial charge in [0.25, 0.3) is 0 Å². The van der Waals surface area contributed by atoms with Crippen LogP contribution >= 0.6 is 0 Å². The fraction of sp³-hybridized carbons (Fsp3) is 0.308. The summed E-state index contributed by atoms with van der Waals surface area (Å²) >= 11 is 0. The number of ketones is 1. The van der Waals surface area contributed by atoms with E-state index in [2.05, 4.69) is 15.6 Å². The number of Topliss-reactive ketones (excluding diaryl/α,β-unsaturated/α-hetero) is 1. The molecule has 5 heteroatoms. The Kier molecular flexibility index (Phi) is 2.90. The third kappa shape index (κ3) is 1.93. The van der Waals surface area contributed by atoms with Crippen LogP contribution < -0.4 is 5.32 Å². The van der Waals surface area contributed by atoms with Crippen molar-refractivity contribution in [3.63, 3.8) is 0 Å². The van der Waals surface area contributed by atoms with Crippen molar-refractivity contribution in [3.8, 4) is 5.69 Å². The lowest BCUT2D eigenvalue weighted by molar-refractivity contribution is 0.0944. The van der Waals surface area contributed by atoms with Crippen molar-refractivity contribution in [2.24, 2.45) is 0 Å². The molecule has 18 heavy (non-hydrogen) atoms. The monoisotopic (exact) mass is 242 g/mol. The summed E-state index contributed by atoms with van der Waals surface area (Å²) in [6, 6.07) is 9.49. The Hall–Kier alpha value is -2.01. The number of hydrogen-bond acceptors (Lipinski definition) is 4. The zero-order valence-corrected chi connectivity index (χ0v) is 9.91.